The fraction of sp³-hybridized carbons (Fsp3) is 0.217. The molecule has 124 valence electrons. The fourth-order valence-electron chi connectivity index (χ4n) is 4.11. The third-order valence-electron chi connectivity index (χ3n) is 5.15. The first kappa shape index (κ1) is 16.9. The molecule has 0 saturated carbocycles. The van der Waals surface area contributed by atoms with Crippen LogP contribution in [0.15, 0.2) is 91.0 Å². The average Bonchev–Trinajstić information content (AvgIpc) is 2.65. The van der Waals surface area contributed by atoms with Crippen LogP contribution < -0.4 is 15.9 Å². The number of rotatable bonds is 6. The normalized spacial score (nSPS) is 13.4. The van der Waals surface area contributed by atoms with Crippen LogP contribution >= 0.6 is 7.26 Å². The van der Waals surface area contributed by atoms with Crippen LogP contribution in [0, 0.1) is 0 Å². The molecule has 1 unspecified atom stereocenters. The fourth-order valence-corrected chi connectivity index (χ4v) is 9.69. The minimum atomic E-state index is -2.05. The summed E-state index contributed by atoms with van der Waals surface area (Å²) in [6, 6.07) is 33.6. The minimum absolute atomic E-state index is 0.648. The summed E-state index contributed by atoms with van der Waals surface area (Å²) in [6.45, 7) is 4.76. The van der Waals surface area contributed by atoms with Crippen molar-refractivity contribution in [3.8, 4) is 0 Å². The van der Waals surface area contributed by atoms with E-state index in [0.717, 1.165) is 0 Å². The van der Waals surface area contributed by atoms with Gasteiger partial charge in [0.05, 0.1) is 0 Å². The van der Waals surface area contributed by atoms with Crippen molar-refractivity contribution < 1.29 is 0 Å². The van der Waals surface area contributed by atoms with Gasteiger partial charge in [-0.3, -0.25) is 0 Å². The van der Waals surface area contributed by atoms with Gasteiger partial charge in [-0.1, -0.05) is 0 Å². The van der Waals surface area contributed by atoms with Gasteiger partial charge < -0.3 is 0 Å². The van der Waals surface area contributed by atoms with Crippen molar-refractivity contribution in [2.45, 2.75) is 32.3 Å². The molecule has 0 bridgehead atoms. The molecule has 3 aromatic carbocycles. The van der Waals surface area contributed by atoms with E-state index in [1.165, 1.54) is 28.8 Å². The summed E-state index contributed by atoms with van der Waals surface area (Å²) in [5.74, 6) is 0. The molecule has 0 aliphatic carbocycles. The molecule has 24 heavy (non-hydrogen) atoms. The van der Waals surface area contributed by atoms with Crippen molar-refractivity contribution in [3.63, 3.8) is 0 Å². The molecular formula is C23H27P. The molecule has 0 aliphatic heterocycles. The molecule has 3 aromatic rings. The standard InChI is InChI=1S/C23H27P/c1-3-13-20(2)24(21-14-7-4-8-15-21,22-16-9-5-10-17-22)23-18-11-6-12-19-23/h4-12,14-20,24H,3,13H2,1-2H3. The molecule has 0 saturated heterocycles. The van der Waals surface area contributed by atoms with Crippen molar-refractivity contribution in [3.05, 3.63) is 91.0 Å². The summed E-state index contributed by atoms with van der Waals surface area (Å²) in [5, 5.41) is 4.55. The summed E-state index contributed by atoms with van der Waals surface area (Å²) >= 11 is 0. The van der Waals surface area contributed by atoms with Gasteiger partial charge in [0.25, 0.3) is 0 Å². The monoisotopic (exact) mass is 334 g/mol. The van der Waals surface area contributed by atoms with E-state index in [9.17, 15) is 0 Å². The van der Waals surface area contributed by atoms with Gasteiger partial charge in [0.15, 0.2) is 0 Å². The van der Waals surface area contributed by atoms with E-state index in [-0.39, 0.29) is 0 Å². The van der Waals surface area contributed by atoms with Crippen molar-refractivity contribution in [1.29, 1.82) is 0 Å². The molecule has 0 aromatic heterocycles. The number of hydrogen-bond donors (Lipinski definition) is 0. The number of hydrogen-bond acceptors (Lipinski definition) is 0. The van der Waals surface area contributed by atoms with Crippen LogP contribution in [0.4, 0.5) is 0 Å². The Morgan fingerprint density at radius 2 is 0.958 bits per heavy atom. The molecule has 0 nitrogen and oxygen atoms in total. The van der Waals surface area contributed by atoms with Gasteiger partial charge in [-0.25, -0.2) is 0 Å². The third-order valence-corrected chi connectivity index (χ3v) is 10.6. The van der Waals surface area contributed by atoms with E-state index < -0.39 is 7.26 Å². The van der Waals surface area contributed by atoms with Crippen molar-refractivity contribution in [1.82, 2.24) is 0 Å². The predicted molar refractivity (Wildman–Crippen MR) is 111 cm³/mol. The Morgan fingerprint density at radius 1 is 0.625 bits per heavy atom. The molecule has 0 spiro atoms. The molecule has 1 heteroatoms. The molecule has 1 atom stereocenters. The summed E-state index contributed by atoms with van der Waals surface area (Å²) < 4.78 is 0. The van der Waals surface area contributed by atoms with Gasteiger partial charge >= 0.3 is 147 Å². The first-order valence-corrected chi connectivity index (χ1v) is 11.0. The quantitative estimate of drug-likeness (QED) is 0.562. The van der Waals surface area contributed by atoms with Crippen LogP contribution in [0.1, 0.15) is 26.7 Å². The van der Waals surface area contributed by atoms with Crippen LogP contribution in [-0.2, 0) is 0 Å². The van der Waals surface area contributed by atoms with E-state index in [2.05, 4.69) is 105 Å². The van der Waals surface area contributed by atoms with Gasteiger partial charge in [-0.2, -0.15) is 0 Å². The summed E-state index contributed by atoms with van der Waals surface area (Å²) in [7, 11) is -2.05. The van der Waals surface area contributed by atoms with Gasteiger partial charge in [0, 0.05) is 0 Å². The first-order valence-electron chi connectivity index (χ1n) is 8.96. The molecular weight excluding hydrogens is 307 g/mol. The van der Waals surface area contributed by atoms with Gasteiger partial charge in [0.2, 0.25) is 0 Å². The average molecular weight is 334 g/mol. The summed E-state index contributed by atoms with van der Waals surface area (Å²) in [5.41, 5.74) is 0.648. The second-order valence-corrected chi connectivity index (χ2v) is 10.9. The SMILES string of the molecule is CCCC(C)[PH](c1ccccc1)(c1ccccc1)c1ccccc1. The Morgan fingerprint density at radius 3 is 1.25 bits per heavy atom. The Bertz CT molecular complexity index is 638. The molecule has 0 N–H and O–H groups in total. The first-order chi connectivity index (χ1) is 11.8. The van der Waals surface area contributed by atoms with Crippen LogP contribution in [-0.4, -0.2) is 5.66 Å². The second kappa shape index (κ2) is 7.77. The maximum absolute atomic E-state index is 2.46. The van der Waals surface area contributed by atoms with E-state index >= 15 is 0 Å². The molecule has 0 aliphatic rings. The molecule has 3 rings (SSSR count). The van der Waals surface area contributed by atoms with E-state index in [4.69, 9.17) is 0 Å². The second-order valence-electron chi connectivity index (χ2n) is 6.60. The Kier molecular flexibility index (Phi) is 5.48. The van der Waals surface area contributed by atoms with E-state index in [0.29, 0.717) is 5.66 Å². The van der Waals surface area contributed by atoms with Crippen LogP contribution in [0.2, 0.25) is 0 Å². The molecule has 0 radical (unpaired) electrons. The van der Waals surface area contributed by atoms with E-state index in [1.54, 1.807) is 0 Å². The zero-order valence-electron chi connectivity index (χ0n) is 14.7. The molecule has 0 heterocycles. The topological polar surface area (TPSA) is 0 Å². The van der Waals surface area contributed by atoms with Crippen molar-refractivity contribution >= 4 is 23.2 Å². The zero-order chi connectivity index (χ0) is 16.8. The third kappa shape index (κ3) is 3.04. The maximum atomic E-state index is 2.46. The van der Waals surface area contributed by atoms with Gasteiger partial charge in [0.1, 0.15) is 0 Å². The van der Waals surface area contributed by atoms with Crippen LogP contribution in [0.5, 0.6) is 0 Å². The summed E-state index contributed by atoms with van der Waals surface area (Å²) in [6.07, 6.45) is 2.48. The Hall–Kier alpha value is -1.91. The van der Waals surface area contributed by atoms with E-state index in [1.807, 2.05) is 0 Å². The van der Waals surface area contributed by atoms with Gasteiger partial charge in [-0.05, 0) is 0 Å². The van der Waals surface area contributed by atoms with Crippen molar-refractivity contribution in [2.24, 2.45) is 0 Å². The Labute approximate surface area is 146 Å². The van der Waals surface area contributed by atoms with Crippen LogP contribution in [0.3, 0.4) is 0 Å². The zero-order valence-corrected chi connectivity index (χ0v) is 15.7. The van der Waals surface area contributed by atoms with Crippen LogP contribution in [0.25, 0.3) is 0 Å². The number of benzene rings is 3. The molecule has 0 amide bonds. The molecule has 0 fully saturated rings. The summed E-state index contributed by atoms with van der Waals surface area (Å²) in [4.78, 5) is 0. The van der Waals surface area contributed by atoms with Crippen molar-refractivity contribution in [2.75, 3.05) is 0 Å². The Balaban J connectivity index is 2.33. The van der Waals surface area contributed by atoms with Gasteiger partial charge in [-0.15, -0.1) is 0 Å². The predicted octanol–water partition coefficient (Wildman–Crippen LogP) is 4.90.